The second-order valence-electron chi connectivity index (χ2n) is 2.95. The molecule has 0 bridgehead atoms. The second kappa shape index (κ2) is 3.08. The molecule has 1 aliphatic heterocycles. The van der Waals surface area contributed by atoms with Gasteiger partial charge >= 0.3 is 5.97 Å². The first-order valence-corrected chi connectivity index (χ1v) is 4.77. The Labute approximate surface area is 79.2 Å². The highest BCUT2D eigenvalue weighted by atomic mass is 32.1. The minimum absolute atomic E-state index is 0.242. The highest BCUT2D eigenvalue weighted by molar-refractivity contribution is 7.11. The molecule has 13 heavy (non-hydrogen) atoms. The number of hydrogen-bond acceptors (Lipinski definition) is 4. The Balaban J connectivity index is 2.41. The normalized spacial score (nSPS) is 21.2. The lowest BCUT2D eigenvalue weighted by molar-refractivity contribution is -0.141. The average Bonchev–Trinajstić information content (AvgIpc) is 2.43. The molecule has 1 unspecified atom stereocenters. The van der Waals surface area contributed by atoms with Gasteiger partial charge < -0.3 is 9.84 Å². The number of fused-ring (bicyclic) bond motifs is 1. The lowest BCUT2D eigenvalue weighted by Crippen LogP contribution is -2.23. The van der Waals surface area contributed by atoms with Crippen molar-refractivity contribution in [1.29, 1.82) is 0 Å². The van der Waals surface area contributed by atoms with Crippen LogP contribution in [0.2, 0.25) is 0 Å². The quantitative estimate of drug-likeness (QED) is 0.737. The van der Waals surface area contributed by atoms with Gasteiger partial charge in [0.2, 0.25) is 0 Å². The van der Waals surface area contributed by atoms with Crippen molar-refractivity contribution in [1.82, 2.24) is 4.98 Å². The van der Waals surface area contributed by atoms with Crippen molar-refractivity contribution in [2.45, 2.75) is 19.4 Å². The van der Waals surface area contributed by atoms with Crippen LogP contribution in [0.25, 0.3) is 0 Å². The van der Waals surface area contributed by atoms with E-state index in [1.165, 1.54) is 11.3 Å². The molecule has 1 N–H and O–H groups in total. The van der Waals surface area contributed by atoms with Crippen LogP contribution in [0.1, 0.15) is 21.5 Å². The number of rotatable bonds is 1. The maximum Gasteiger partial charge on any atom is 0.315 e. The van der Waals surface area contributed by atoms with E-state index in [0.29, 0.717) is 12.3 Å². The van der Waals surface area contributed by atoms with E-state index in [1.807, 2.05) is 6.92 Å². The number of thiazole rings is 1. The van der Waals surface area contributed by atoms with E-state index in [-0.39, 0.29) is 6.61 Å². The second-order valence-corrected chi connectivity index (χ2v) is 4.23. The number of aryl methyl sites for hydroxylation is 1. The van der Waals surface area contributed by atoms with Crippen molar-refractivity contribution >= 4 is 17.3 Å². The zero-order valence-electron chi connectivity index (χ0n) is 7.11. The summed E-state index contributed by atoms with van der Waals surface area (Å²) in [6, 6.07) is 0. The van der Waals surface area contributed by atoms with Crippen LogP contribution in [0.5, 0.6) is 0 Å². The summed E-state index contributed by atoms with van der Waals surface area (Å²) in [5.74, 6) is -1.43. The molecule has 1 aliphatic rings. The van der Waals surface area contributed by atoms with Gasteiger partial charge in [0.1, 0.15) is 5.92 Å². The Hall–Kier alpha value is -0.940. The molecule has 0 radical (unpaired) electrons. The molecule has 0 saturated carbocycles. The van der Waals surface area contributed by atoms with Gasteiger partial charge in [0.25, 0.3) is 0 Å². The van der Waals surface area contributed by atoms with Gasteiger partial charge in [0.15, 0.2) is 0 Å². The predicted octanol–water partition coefficient (Wildman–Crippen LogP) is 1.15. The fourth-order valence-corrected chi connectivity index (χ4v) is 2.33. The molecule has 0 aromatic carbocycles. The molecule has 1 aromatic rings. The maximum absolute atomic E-state index is 10.8. The first kappa shape index (κ1) is 8.65. The molecular weight excluding hydrogens is 190 g/mol. The predicted molar refractivity (Wildman–Crippen MR) is 46.9 cm³/mol. The van der Waals surface area contributed by atoms with Gasteiger partial charge in [-0.1, -0.05) is 0 Å². The van der Waals surface area contributed by atoms with Gasteiger partial charge in [-0.25, -0.2) is 4.98 Å². The van der Waals surface area contributed by atoms with Crippen molar-refractivity contribution < 1.29 is 14.6 Å². The fourth-order valence-electron chi connectivity index (χ4n) is 1.40. The van der Waals surface area contributed by atoms with E-state index in [4.69, 9.17) is 9.84 Å². The molecule has 1 atom stereocenters. The third-order valence-electron chi connectivity index (χ3n) is 1.98. The third-order valence-corrected chi connectivity index (χ3v) is 2.94. The smallest absolute Gasteiger partial charge is 0.315 e. The van der Waals surface area contributed by atoms with Gasteiger partial charge in [-0.2, -0.15) is 0 Å². The fraction of sp³-hybridized carbons (Fsp3) is 0.500. The molecule has 0 fully saturated rings. The molecule has 0 aliphatic carbocycles. The minimum atomic E-state index is -0.855. The highest BCUT2D eigenvalue weighted by Crippen LogP contribution is 2.30. The van der Waals surface area contributed by atoms with E-state index in [2.05, 4.69) is 4.98 Å². The molecule has 5 heteroatoms. The molecule has 0 spiro atoms. The van der Waals surface area contributed by atoms with E-state index < -0.39 is 11.9 Å². The third kappa shape index (κ3) is 1.45. The Morgan fingerprint density at radius 3 is 3.23 bits per heavy atom. The Morgan fingerprint density at radius 1 is 1.77 bits per heavy atom. The molecule has 70 valence electrons. The van der Waals surface area contributed by atoms with Crippen molar-refractivity contribution in [3.63, 3.8) is 0 Å². The van der Waals surface area contributed by atoms with Crippen molar-refractivity contribution in [3.05, 3.63) is 15.6 Å². The standard InChI is InChI=1S/C8H9NO3S/c1-4-9-7-5(8(10)11)2-12-3-6(7)13-4/h5H,2-3H2,1H3,(H,10,11). The molecular formula is C8H9NO3S. The van der Waals surface area contributed by atoms with Crippen LogP contribution in [-0.2, 0) is 16.1 Å². The molecule has 2 heterocycles. The summed E-state index contributed by atoms with van der Waals surface area (Å²) in [6.45, 7) is 2.62. The summed E-state index contributed by atoms with van der Waals surface area (Å²) in [6.07, 6.45) is 0. The van der Waals surface area contributed by atoms with Crippen LogP contribution in [0, 0.1) is 6.92 Å². The summed E-state index contributed by atoms with van der Waals surface area (Å²) in [5.41, 5.74) is 0.696. The number of carboxylic acid groups (broad SMARTS) is 1. The van der Waals surface area contributed by atoms with E-state index >= 15 is 0 Å². The van der Waals surface area contributed by atoms with Crippen LogP contribution in [0.3, 0.4) is 0 Å². The molecule has 1 aromatic heterocycles. The number of ether oxygens (including phenoxy) is 1. The van der Waals surface area contributed by atoms with Crippen molar-refractivity contribution in [2.24, 2.45) is 0 Å². The van der Waals surface area contributed by atoms with Crippen molar-refractivity contribution in [3.8, 4) is 0 Å². The van der Waals surface area contributed by atoms with Gasteiger partial charge in [0.05, 0.1) is 28.8 Å². The van der Waals surface area contributed by atoms with Gasteiger partial charge in [-0.05, 0) is 6.92 Å². The minimum Gasteiger partial charge on any atom is -0.481 e. The number of hydrogen-bond donors (Lipinski definition) is 1. The van der Waals surface area contributed by atoms with Crippen LogP contribution in [0.4, 0.5) is 0 Å². The molecule has 4 nitrogen and oxygen atoms in total. The average molecular weight is 199 g/mol. The summed E-state index contributed by atoms with van der Waals surface area (Å²) >= 11 is 1.51. The number of carboxylic acids is 1. The largest absolute Gasteiger partial charge is 0.481 e. The molecule has 0 amide bonds. The number of aliphatic carboxylic acids is 1. The monoisotopic (exact) mass is 199 g/mol. The zero-order chi connectivity index (χ0) is 9.42. The first-order valence-electron chi connectivity index (χ1n) is 3.95. The number of aromatic nitrogens is 1. The lowest BCUT2D eigenvalue weighted by atomic mass is 10.0. The maximum atomic E-state index is 10.8. The van der Waals surface area contributed by atoms with E-state index in [1.54, 1.807) is 0 Å². The summed E-state index contributed by atoms with van der Waals surface area (Å²) in [7, 11) is 0. The van der Waals surface area contributed by atoms with Crippen molar-refractivity contribution in [2.75, 3.05) is 6.61 Å². The zero-order valence-corrected chi connectivity index (χ0v) is 7.93. The number of nitrogens with zero attached hydrogens (tertiary/aromatic N) is 1. The Morgan fingerprint density at radius 2 is 2.54 bits per heavy atom. The van der Waals surface area contributed by atoms with Crippen LogP contribution in [0.15, 0.2) is 0 Å². The van der Waals surface area contributed by atoms with Gasteiger partial charge in [-0.3, -0.25) is 4.79 Å². The Bertz CT molecular complexity index is 347. The summed E-state index contributed by atoms with van der Waals surface area (Å²) < 4.78 is 5.17. The van der Waals surface area contributed by atoms with Gasteiger partial charge in [0, 0.05) is 0 Å². The van der Waals surface area contributed by atoms with E-state index in [0.717, 1.165) is 9.88 Å². The summed E-state index contributed by atoms with van der Waals surface area (Å²) in [5, 5.41) is 9.78. The highest BCUT2D eigenvalue weighted by Gasteiger charge is 2.29. The summed E-state index contributed by atoms with van der Waals surface area (Å²) in [4.78, 5) is 16.0. The van der Waals surface area contributed by atoms with E-state index in [9.17, 15) is 4.79 Å². The number of carbonyl (C=O) groups is 1. The van der Waals surface area contributed by atoms with Crippen LogP contribution < -0.4 is 0 Å². The molecule has 2 rings (SSSR count). The topological polar surface area (TPSA) is 59.4 Å². The molecule has 0 saturated heterocycles. The lowest BCUT2D eigenvalue weighted by Gasteiger charge is -2.17. The van der Waals surface area contributed by atoms with Crippen LogP contribution in [-0.4, -0.2) is 22.7 Å². The first-order chi connectivity index (χ1) is 6.18. The SMILES string of the molecule is Cc1nc2c(s1)COCC2C(=O)O. The van der Waals surface area contributed by atoms with Crippen LogP contribution >= 0.6 is 11.3 Å². The van der Waals surface area contributed by atoms with Gasteiger partial charge in [-0.15, -0.1) is 11.3 Å². The Kier molecular flexibility index (Phi) is 2.05.